The van der Waals surface area contributed by atoms with Crippen LogP contribution in [0.5, 0.6) is 0 Å². The first-order valence-electron chi connectivity index (χ1n) is 9.65. The van der Waals surface area contributed by atoms with E-state index >= 15 is 0 Å². The summed E-state index contributed by atoms with van der Waals surface area (Å²) in [5, 5.41) is 9.85. The zero-order chi connectivity index (χ0) is 20.2. The monoisotopic (exact) mass is 401 g/mol. The van der Waals surface area contributed by atoms with Crippen LogP contribution in [0.2, 0.25) is 0 Å². The van der Waals surface area contributed by atoms with Crippen LogP contribution in [0.4, 0.5) is 0 Å². The lowest BCUT2D eigenvalue weighted by Crippen LogP contribution is -2.28. The minimum atomic E-state index is -0.114. The number of rotatable bonds is 6. The third kappa shape index (κ3) is 4.30. The number of carbonyl (C=O) groups excluding carboxylic acids is 1. The van der Waals surface area contributed by atoms with Gasteiger partial charge in [0.1, 0.15) is 11.4 Å². The Bertz CT molecular complexity index is 1110. The normalized spacial score (nSPS) is 10.8. The van der Waals surface area contributed by atoms with Gasteiger partial charge >= 0.3 is 0 Å². The van der Waals surface area contributed by atoms with Gasteiger partial charge in [-0.1, -0.05) is 48.5 Å². The molecule has 2 aromatic heterocycles. The second-order valence-corrected chi connectivity index (χ2v) is 8.03. The molecule has 0 atom stereocenters. The highest BCUT2D eigenvalue weighted by Crippen LogP contribution is 2.27. The van der Waals surface area contributed by atoms with E-state index in [1.807, 2.05) is 55.6 Å². The maximum Gasteiger partial charge on any atom is 0.270 e. The SMILES string of the molecule is Cc1ccc(C)c(-n2nc(-c3cccs3)cc2C(=O)NCCc2ccccc2)c1. The molecule has 0 bridgehead atoms. The summed E-state index contributed by atoms with van der Waals surface area (Å²) in [6, 6.07) is 22.3. The molecule has 4 nitrogen and oxygen atoms in total. The fourth-order valence-corrected chi connectivity index (χ4v) is 3.96. The molecule has 0 unspecified atom stereocenters. The van der Waals surface area contributed by atoms with Crippen LogP contribution in [-0.2, 0) is 6.42 Å². The van der Waals surface area contributed by atoms with Gasteiger partial charge in [-0.25, -0.2) is 4.68 Å². The van der Waals surface area contributed by atoms with E-state index in [0.29, 0.717) is 12.2 Å². The van der Waals surface area contributed by atoms with E-state index in [2.05, 4.69) is 35.6 Å². The third-order valence-electron chi connectivity index (χ3n) is 4.85. The summed E-state index contributed by atoms with van der Waals surface area (Å²) in [6.45, 7) is 4.67. The van der Waals surface area contributed by atoms with Crippen molar-refractivity contribution < 1.29 is 4.79 Å². The van der Waals surface area contributed by atoms with Crippen LogP contribution in [0, 0.1) is 13.8 Å². The van der Waals surface area contributed by atoms with Gasteiger partial charge < -0.3 is 5.32 Å². The first-order valence-corrected chi connectivity index (χ1v) is 10.5. The molecule has 146 valence electrons. The van der Waals surface area contributed by atoms with Gasteiger partial charge in [0.2, 0.25) is 0 Å². The number of aryl methyl sites for hydroxylation is 2. The van der Waals surface area contributed by atoms with Crippen molar-refractivity contribution in [1.82, 2.24) is 15.1 Å². The number of aromatic nitrogens is 2. The molecule has 0 saturated heterocycles. The molecule has 2 aromatic carbocycles. The Balaban J connectivity index is 1.64. The van der Waals surface area contributed by atoms with E-state index in [0.717, 1.165) is 33.8 Å². The number of thiophene rings is 1. The van der Waals surface area contributed by atoms with Gasteiger partial charge in [0.25, 0.3) is 5.91 Å². The lowest BCUT2D eigenvalue weighted by Gasteiger charge is -2.11. The Hall–Kier alpha value is -3.18. The highest BCUT2D eigenvalue weighted by molar-refractivity contribution is 7.13. The molecule has 5 heteroatoms. The maximum atomic E-state index is 13.0. The molecule has 0 aliphatic heterocycles. The van der Waals surface area contributed by atoms with Crippen molar-refractivity contribution in [3.8, 4) is 16.3 Å². The molecular weight excluding hydrogens is 378 g/mol. The van der Waals surface area contributed by atoms with Gasteiger partial charge in [-0.3, -0.25) is 4.79 Å². The fraction of sp³-hybridized carbons (Fsp3) is 0.167. The number of amides is 1. The molecule has 0 aliphatic carbocycles. The zero-order valence-corrected chi connectivity index (χ0v) is 17.4. The Labute approximate surface area is 174 Å². The summed E-state index contributed by atoms with van der Waals surface area (Å²) in [5.41, 5.74) is 5.71. The van der Waals surface area contributed by atoms with Crippen molar-refractivity contribution in [2.45, 2.75) is 20.3 Å². The Kier molecular flexibility index (Phi) is 5.58. The van der Waals surface area contributed by atoms with E-state index < -0.39 is 0 Å². The summed E-state index contributed by atoms with van der Waals surface area (Å²) in [6.07, 6.45) is 0.794. The lowest BCUT2D eigenvalue weighted by atomic mass is 10.1. The van der Waals surface area contributed by atoms with Crippen molar-refractivity contribution in [1.29, 1.82) is 0 Å². The molecule has 4 aromatic rings. The zero-order valence-electron chi connectivity index (χ0n) is 16.6. The summed E-state index contributed by atoms with van der Waals surface area (Å²) < 4.78 is 1.77. The van der Waals surface area contributed by atoms with Gasteiger partial charge in [0.15, 0.2) is 0 Å². The summed E-state index contributed by atoms with van der Waals surface area (Å²) in [4.78, 5) is 14.1. The Morgan fingerprint density at radius 3 is 2.62 bits per heavy atom. The smallest absolute Gasteiger partial charge is 0.270 e. The molecule has 2 heterocycles. The minimum absolute atomic E-state index is 0.114. The standard InChI is InChI=1S/C24H23N3OS/c1-17-10-11-18(2)21(15-17)27-22(16-20(26-27)23-9-6-14-29-23)24(28)25-13-12-19-7-4-3-5-8-19/h3-11,14-16H,12-13H2,1-2H3,(H,25,28). The van der Waals surface area contributed by atoms with Gasteiger partial charge in [-0.2, -0.15) is 5.10 Å². The molecule has 0 aliphatic rings. The van der Waals surface area contributed by atoms with Crippen LogP contribution >= 0.6 is 11.3 Å². The minimum Gasteiger partial charge on any atom is -0.350 e. The van der Waals surface area contributed by atoms with E-state index in [-0.39, 0.29) is 5.91 Å². The van der Waals surface area contributed by atoms with Crippen molar-refractivity contribution in [2.24, 2.45) is 0 Å². The average molecular weight is 402 g/mol. The summed E-state index contributed by atoms with van der Waals surface area (Å²) >= 11 is 1.62. The summed E-state index contributed by atoms with van der Waals surface area (Å²) in [7, 11) is 0. The number of nitrogens with one attached hydrogen (secondary N) is 1. The quantitative estimate of drug-likeness (QED) is 0.483. The van der Waals surface area contributed by atoms with Crippen LogP contribution in [-0.4, -0.2) is 22.2 Å². The molecule has 29 heavy (non-hydrogen) atoms. The van der Waals surface area contributed by atoms with Crippen molar-refractivity contribution in [3.05, 3.63) is 94.5 Å². The predicted molar refractivity (Wildman–Crippen MR) is 119 cm³/mol. The molecule has 0 saturated carbocycles. The Morgan fingerprint density at radius 2 is 1.86 bits per heavy atom. The van der Waals surface area contributed by atoms with Crippen molar-refractivity contribution >= 4 is 17.2 Å². The van der Waals surface area contributed by atoms with Crippen LogP contribution in [0.15, 0.2) is 72.1 Å². The van der Waals surface area contributed by atoms with Crippen molar-refractivity contribution in [2.75, 3.05) is 6.54 Å². The molecule has 1 N–H and O–H groups in total. The average Bonchev–Trinajstić information content (AvgIpc) is 3.40. The van der Waals surface area contributed by atoms with Crippen LogP contribution in [0.3, 0.4) is 0 Å². The summed E-state index contributed by atoms with van der Waals surface area (Å²) in [5.74, 6) is -0.114. The maximum absolute atomic E-state index is 13.0. The third-order valence-corrected chi connectivity index (χ3v) is 5.74. The van der Waals surface area contributed by atoms with Crippen molar-refractivity contribution in [3.63, 3.8) is 0 Å². The molecule has 4 rings (SSSR count). The van der Waals surface area contributed by atoms with Crippen LogP contribution in [0.25, 0.3) is 16.3 Å². The molecular formula is C24H23N3OS. The molecule has 0 spiro atoms. The van der Waals surface area contributed by atoms with E-state index in [4.69, 9.17) is 5.10 Å². The predicted octanol–water partition coefficient (Wildman–Crippen LogP) is 5.19. The number of hydrogen-bond donors (Lipinski definition) is 1. The van der Waals surface area contributed by atoms with Crippen LogP contribution < -0.4 is 5.32 Å². The van der Waals surface area contributed by atoms with Gasteiger partial charge in [0, 0.05) is 6.54 Å². The lowest BCUT2D eigenvalue weighted by molar-refractivity contribution is 0.0946. The highest BCUT2D eigenvalue weighted by atomic mass is 32.1. The van der Waals surface area contributed by atoms with E-state index in [1.165, 1.54) is 5.56 Å². The number of benzene rings is 2. The second kappa shape index (κ2) is 8.45. The molecule has 1 amide bonds. The topological polar surface area (TPSA) is 46.9 Å². The number of hydrogen-bond acceptors (Lipinski definition) is 3. The number of carbonyl (C=O) groups is 1. The highest BCUT2D eigenvalue weighted by Gasteiger charge is 2.19. The van der Waals surface area contributed by atoms with Gasteiger partial charge in [0.05, 0.1) is 10.6 Å². The molecule has 0 radical (unpaired) electrons. The van der Waals surface area contributed by atoms with Gasteiger partial charge in [-0.05, 0) is 60.5 Å². The first-order chi connectivity index (χ1) is 14.1. The Morgan fingerprint density at radius 1 is 1.03 bits per heavy atom. The van der Waals surface area contributed by atoms with Gasteiger partial charge in [-0.15, -0.1) is 11.3 Å². The van der Waals surface area contributed by atoms with Crippen LogP contribution in [0.1, 0.15) is 27.2 Å². The second-order valence-electron chi connectivity index (χ2n) is 7.09. The number of nitrogens with zero attached hydrogens (tertiary/aromatic N) is 2. The first kappa shape index (κ1) is 19.2. The molecule has 0 fully saturated rings. The largest absolute Gasteiger partial charge is 0.350 e. The van der Waals surface area contributed by atoms with E-state index in [9.17, 15) is 4.79 Å². The fourth-order valence-electron chi connectivity index (χ4n) is 3.27. The van der Waals surface area contributed by atoms with E-state index in [1.54, 1.807) is 16.0 Å².